The summed E-state index contributed by atoms with van der Waals surface area (Å²) in [5, 5.41) is 6.63. The summed E-state index contributed by atoms with van der Waals surface area (Å²) < 4.78 is 10.6. The normalized spacial score (nSPS) is 15.2. The predicted molar refractivity (Wildman–Crippen MR) is 117 cm³/mol. The van der Waals surface area contributed by atoms with Crippen molar-refractivity contribution in [3.8, 4) is 11.5 Å². The molecule has 0 amide bonds. The Kier molecular flexibility index (Phi) is 7.56. The van der Waals surface area contributed by atoms with Crippen molar-refractivity contribution in [1.82, 2.24) is 5.32 Å². The molecule has 2 N–H and O–H groups in total. The highest BCUT2D eigenvalue weighted by atomic mass is 127. The quantitative estimate of drug-likeness (QED) is 0.383. The van der Waals surface area contributed by atoms with Gasteiger partial charge in [0.25, 0.3) is 0 Å². The van der Waals surface area contributed by atoms with E-state index in [1.807, 2.05) is 18.2 Å². The van der Waals surface area contributed by atoms with Gasteiger partial charge in [0, 0.05) is 30.8 Å². The fraction of sp³-hybridized carbons (Fsp3) is 0.350. The van der Waals surface area contributed by atoms with Crippen molar-refractivity contribution in [2.24, 2.45) is 4.99 Å². The largest absolute Gasteiger partial charge is 0.493 e. The molecular weight excluding hydrogens is 441 g/mol. The number of methoxy groups -OCH3 is 2. The Morgan fingerprint density at radius 1 is 1.12 bits per heavy atom. The van der Waals surface area contributed by atoms with Crippen molar-refractivity contribution < 1.29 is 9.47 Å². The summed E-state index contributed by atoms with van der Waals surface area (Å²) in [6, 6.07) is 14.3. The van der Waals surface area contributed by atoms with Crippen molar-refractivity contribution >= 4 is 35.6 Å². The summed E-state index contributed by atoms with van der Waals surface area (Å²) >= 11 is 0. The van der Waals surface area contributed by atoms with E-state index >= 15 is 0 Å². The lowest BCUT2D eigenvalue weighted by molar-refractivity contribution is 0.355. The van der Waals surface area contributed by atoms with Gasteiger partial charge in [-0.1, -0.05) is 24.3 Å². The third-order valence-electron chi connectivity index (χ3n) is 4.42. The molecule has 6 heteroatoms. The second-order valence-electron chi connectivity index (χ2n) is 6.01. The SMILES string of the molecule is CCNC(=NCC1Cc2ccccc21)Nc1ccc(OC)c(OC)c1.I. The molecule has 3 rings (SSSR count). The number of guanidine groups is 1. The van der Waals surface area contributed by atoms with Crippen LogP contribution in [0.5, 0.6) is 11.5 Å². The molecule has 0 saturated carbocycles. The predicted octanol–water partition coefficient (Wildman–Crippen LogP) is 4.04. The second-order valence-corrected chi connectivity index (χ2v) is 6.01. The van der Waals surface area contributed by atoms with Crippen LogP contribution < -0.4 is 20.1 Å². The summed E-state index contributed by atoms with van der Waals surface area (Å²) in [4.78, 5) is 4.75. The summed E-state index contributed by atoms with van der Waals surface area (Å²) in [6.07, 6.45) is 1.11. The molecule has 0 saturated heterocycles. The van der Waals surface area contributed by atoms with Gasteiger partial charge in [0.05, 0.1) is 14.2 Å². The maximum Gasteiger partial charge on any atom is 0.195 e. The van der Waals surface area contributed by atoms with Gasteiger partial charge >= 0.3 is 0 Å². The molecule has 5 nitrogen and oxygen atoms in total. The number of hydrogen-bond acceptors (Lipinski definition) is 3. The molecule has 140 valence electrons. The molecule has 0 aliphatic heterocycles. The van der Waals surface area contributed by atoms with Gasteiger partial charge in [-0.15, -0.1) is 24.0 Å². The van der Waals surface area contributed by atoms with Crippen molar-refractivity contribution in [2.75, 3.05) is 32.6 Å². The van der Waals surface area contributed by atoms with E-state index in [4.69, 9.17) is 14.5 Å². The zero-order valence-electron chi connectivity index (χ0n) is 15.4. The number of anilines is 1. The van der Waals surface area contributed by atoms with Crippen LogP contribution >= 0.6 is 24.0 Å². The molecule has 1 atom stereocenters. The van der Waals surface area contributed by atoms with Gasteiger partial charge in [0.15, 0.2) is 17.5 Å². The van der Waals surface area contributed by atoms with Gasteiger partial charge in [-0.3, -0.25) is 4.99 Å². The zero-order valence-corrected chi connectivity index (χ0v) is 17.7. The maximum absolute atomic E-state index is 5.36. The van der Waals surface area contributed by atoms with Crippen LogP contribution in [0.2, 0.25) is 0 Å². The van der Waals surface area contributed by atoms with Gasteiger partial charge < -0.3 is 20.1 Å². The lowest BCUT2D eigenvalue weighted by atomic mass is 9.78. The van der Waals surface area contributed by atoms with Crippen molar-refractivity contribution in [3.63, 3.8) is 0 Å². The molecule has 2 aromatic rings. The number of fused-ring (bicyclic) bond motifs is 1. The zero-order chi connectivity index (χ0) is 17.6. The molecule has 1 unspecified atom stereocenters. The highest BCUT2D eigenvalue weighted by Gasteiger charge is 2.24. The Labute approximate surface area is 172 Å². The summed E-state index contributed by atoms with van der Waals surface area (Å²) in [6.45, 7) is 3.64. The Morgan fingerprint density at radius 2 is 1.88 bits per heavy atom. The maximum atomic E-state index is 5.36. The molecule has 0 heterocycles. The highest BCUT2D eigenvalue weighted by molar-refractivity contribution is 14.0. The van der Waals surface area contributed by atoms with Gasteiger partial charge in [-0.25, -0.2) is 0 Å². The van der Waals surface area contributed by atoms with E-state index in [0.717, 1.165) is 31.2 Å². The first kappa shape index (κ1) is 20.4. The van der Waals surface area contributed by atoms with E-state index in [2.05, 4.69) is 41.8 Å². The van der Waals surface area contributed by atoms with Gasteiger partial charge in [-0.2, -0.15) is 0 Å². The first-order valence-corrected chi connectivity index (χ1v) is 8.60. The molecule has 0 radical (unpaired) electrons. The molecule has 2 aromatic carbocycles. The monoisotopic (exact) mass is 467 g/mol. The van der Waals surface area contributed by atoms with Crippen molar-refractivity contribution in [1.29, 1.82) is 0 Å². The van der Waals surface area contributed by atoms with Crippen molar-refractivity contribution in [3.05, 3.63) is 53.6 Å². The van der Waals surface area contributed by atoms with Crippen LogP contribution in [0, 0.1) is 0 Å². The number of nitrogens with zero attached hydrogens (tertiary/aromatic N) is 1. The standard InChI is InChI=1S/C20H25N3O2.HI/c1-4-21-20(22-13-15-11-14-7-5-6-8-17(14)15)23-16-9-10-18(24-2)19(12-16)25-3;/h5-10,12,15H,4,11,13H2,1-3H3,(H2,21,22,23);1H. The van der Waals surface area contributed by atoms with E-state index in [-0.39, 0.29) is 24.0 Å². The average Bonchev–Trinajstić information content (AvgIpc) is 2.62. The lowest BCUT2D eigenvalue weighted by Gasteiger charge is -2.29. The van der Waals surface area contributed by atoms with Crippen LogP contribution in [0.25, 0.3) is 0 Å². The third kappa shape index (κ3) is 4.60. The average molecular weight is 467 g/mol. The van der Waals surface area contributed by atoms with Gasteiger partial charge in [0.2, 0.25) is 0 Å². The number of hydrogen-bond donors (Lipinski definition) is 2. The van der Waals surface area contributed by atoms with E-state index in [1.54, 1.807) is 14.2 Å². The van der Waals surface area contributed by atoms with Gasteiger partial charge in [0.1, 0.15) is 0 Å². The number of aliphatic imine (C=N–C) groups is 1. The Bertz CT molecular complexity index is 764. The minimum absolute atomic E-state index is 0. The number of benzene rings is 2. The Hall–Kier alpha value is -1.96. The van der Waals surface area contributed by atoms with Crippen LogP contribution in [-0.4, -0.2) is 33.3 Å². The third-order valence-corrected chi connectivity index (χ3v) is 4.42. The molecule has 0 bridgehead atoms. The summed E-state index contributed by atoms with van der Waals surface area (Å²) in [5.41, 5.74) is 3.78. The van der Waals surface area contributed by atoms with E-state index in [1.165, 1.54) is 11.1 Å². The van der Waals surface area contributed by atoms with Crippen LogP contribution in [0.4, 0.5) is 5.69 Å². The van der Waals surface area contributed by atoms with E-state index in [9.17, 15) is 0 Å². The minimum atomic E-state index is 0. The fourth-order valence-electron chi connectivity index (χ4n) is 3.08. The molecule has 1 aliphatic rings. The van der Waals surface area contributed by atoms with Crippen LogP contribution in [0.3, 0.4) is 0 Å². The van der Waals surface area contributed by atoms with Crippen LogP contribution in [-0.2, 0) is 6.42 Å². The van der Waals surface area contributed by atoms with Gasteiger partial charge in [-0.05, 0) is 36.6 Å². The molecule has 0 aromatic heterocycles. The van der Waals surface area contributed by atoms with E-state index in [0.29, 0.717) is 17.4 Å². The smallest absolute Gasteiger partial charge is 0.195 e. The second kappa shape index (κ2) is 9.66. The molecule has 0 fully saturated rings. The lowest BCUT2D eigenvalue weighted by Crippen LogP contribution is -2.32. The first-order chi connectivity index (χ1) is 12.2. The molecule has 0 spiro atoms. The molecule has 26 heavy (non-hydrogen) atoms. The van der Waals surface area contributed by atoms with Crippen LogP contribution in [0.1, 0.15) is 24.0 Å². The van der Waals surface area contributed by atoms with E-state index < -0.39 is 0 Å². The Balaban J connectivity index is 0.00000243. The first-order valence-electron chi connectivity index (χ1n) is 8.60. The summed E-state index contributed by atoms with van der Waals surface area (Å²) in [7, 11) is 3.27. The van der Waals surface area contributed by atoms with Crippen molar-refractivity contribution in [2.45, 2.75) is 19.3 Å². The highest BCUT2D eigenvalue weighted by Crippen LogP contribution is 2.35. The van der Waals surface area contributed by atoms with Crippen LogP contribution in [0.15, 0.2) is 47.5 Å². The topological polar surface area (TPSA) is 54.9 Å². The number of nitrogens with one attached hydrogen (secondary N) is 2. The summed E-state index contributed by atoms with van der Waals surface area (Å²) in [5.74, 6) is 2.69. The molecular formula is C20H26IN3O2. The number of ether oxygens (including phenoxy) is 2. The number of halogens is 1. The fourth-order valence-corrected chi connectivity index (χ4v) is 3.08. The number of rotatable bonds is 6. The molecule has 1 aliphatic carbocycles. The Morgan fingerprint density at radius 3 is 2.58 bits per heavy atom. The minimum Gasteiger partial charge on any atom is -0.493 e.